The second kappa shape index (κ2) is 9.68. The number of nitro benzene ring substituents is 1. The molecule has 9 nitrogen and oxygen atoms in total. The molecule has 3 aromatic carbocycles. The fourth-order valence-corrected chi connectivity index (χ4v) is 4.05. The van der Waals surface area contributed by atoms with Crippen molar-refractivity contribution in [3.8, 4) is 11.5 Å². The summed E-state index contributed by atoms with van der Waals surface area (Å²) < 4.78 is 10.6. The molecule has 1 aliphatic heterocycles. The summed E-state index contributed by atoms with van der Waals surface area (Å²) in [6.45, 7) is 2.29. The Morgan fingerprint density at radius 1 is 1.00 bits per heavy atom. The lowest BCUT2D eigenvalue weighted by atomic mass is 9.94. The van der Waals surface area contributed by atoms with Crippen LogP contribution in [0.25, 0.3) is 5.76 Å². The minimum absolute atomic E-state index is 0.0972. The van der Waals surface area contributed by atoms with E-state index < -0.39 is 28.4 Å². The Labute approximate surface area is 201 Å². The topological polar surface area (TPSA) is 119 Å². The van der Waals surface area contributed by atoms with Gasteiger partial charge in [0.05, 0.1) is 29.8 Å². The summed E-state index contributed by atoms with van der Waals surface area (Å²) in [5.74, 6) is -1.20. The van der Waals surface area contributed by atoms with Gasteiger partial charge in [-0.1, -0.05) is 12.1 Å². The Morgan fingerprint density at radius 2 is 1.63 bits per heavy atom. The molecule has 1 heterocycles. The third kappa shape index (κ3) is 4.31. The van der Waals surface area contributed by atoms with Gasteiger partial charge in [-0.2, -0.15) is 0 Å². The van der Waals surface area contributed by atoms with Crippen LogP contribution in [0.15, 0.2) is 78.4 Å². The number of aliphatic hydroxyl groups excluding tert-OH is 1. The van der Waals surface area contributed by atoms with Crippen molar-refractivity contribution < 1.29 is 29.1 Å². The molecular formula is C26H22N2O7. The fraction of sp³-hybridized carbons (Fsp3) is 0.154. The number of ether oxygens (including phenoxy) is 2. The molecule has 1 fully saturated rings. The second-order valence-corrected chi connectivity index (χ2v) is 7.64. The number of hydrogen-bond donors (Lipinski definition) is 1. The molecule has 0 radical (unpaired) electrons. The molecule has 3 aromatic rings. The summed E-state index contributed by atoms with van der Waals surface area (Å²) in [5.41, 5.74) is 0.159. The molecule has 0 bridgehead atoms. The smallest absolute Gasteiger partial charge is 0.300 e. The minimum Gasteiger partial charge on any atom is -0.507 e. The average Bonchev–Trinajstić information content (AvgIpc) is 3.14. The first-order valence-electron chi connectivity index (χ1n) is 10.8. The van der Waals surface area contributed by atoms with Crippen LogP contribution in [0.3, 0.4) is 0 Å². The maximum Gasteiger partial charge on any atom is 0.300 e. The van der Waals surface area contributed by atoms with Gasteiger partial charge in [0, 0.05) is 17.3 Å². The van der Waals surface area contributed by atoms with Crippen molar-refractivity contribution in [2.75, 3.05) is 18.6 Å². The highest BCUT2D eigenvalue weighted by Crippen LogP contribution is 2.45. The first-order valence-corrected chi connectivity index (χ1v) is 10.8. The zero-order valence-corrected chi connectivity index (χ0v) is 19.0. The molecular weight excluding hydrogens is 452 g/mol. The molecule has 35 heavy (non-hydrogen) atoms. The lowest BCUT2D eigenvalue weighted by Crippen LogP contribution is -2.29. The number of nitro groups is 1. The van der Waals surface area contributed by atoms with E-state index in [1.807, 2.05) is 6.92 Å². The first kappa shape index (κ1) is 23.5. The predicted octanol–water partition coefficient (Wildman–Crippen LogP) is 4.63. The van der Waals surface area contributed by atoms with Crippen molar-refractivity contribution in [2.24, 2.45) is 0 Å². The van der Waals surface area contributed by atoms with Crippen LogP contribution in [0.4, 0.5) is 11.4 Å². The Kier molecular flexibility index (Phi) is 6.50. The number of carbonyl (C=O) groups excluding carboxylic acids is 2. The maximum absolute atomic E-state index is 13.2. The normalized spacial score (nSPS) is 16.9. The third-order valence-electron chi connectivity index (χ3n) is 5.66. The zero-order chi connectivity index (χ0) is 25.1. The fourth-order valence-electron chi connectivity index (χ4n) is 4.05. The summed E-state index contributed by atoms with van der Waals surface area (Å²) in [5, 5.41) is 23.0. The van der Waals surface area contributed by atoms with E-state index in [2.05, 4.69) is 0 Å². The van der Waals surface area contributed by atoms with Crippen LogP contribution >= 0.6 is 0 Å². The van der Waals surface area contributed by atoms with Crippen LogP contribution in [0.5, 0.6) is 11.5 Å². The second-order valence-electron chi connectivity index (χ2n) is 7.64. The molecule has 0 spiro atoms. The van der Waals surface area contributed by atoms with Crippen LogP contribution in [0, 0.1) is 10.1 Å². The van der Waals surface area contributed by atoms with Crippen LogP contribution in [-0.2, 0) is 9.59 Å². The van der Waals surface area contributed by atoms with Gasteiger partial charge in [-0.3, -0.25) is 24.6 Å². The highest BCUT2D eigenvalue weighted by atomic mass is 16.6. The van der Waals surface area contributed by atoms with Crippen molar-refractivity contribution in [2.45, 2.75) is 13.0 Å². The van der Waals surface area contributed by atoms with Crippen molar-refractivity contribution >= 4 is 28.8 Å². The summed E-state index contributed by atoms with van der Waals surface area (Å²) in [6.07, 6.45) is 0. The number of rotatable bonds is 7. The Balaban J connectivity index is 1.93. The lowest BCUT2D eigenvalue weighted by molar-refractivity contribution is -0.385. The molecule has 1 amide bonds. The van der Waals surface area contributed by atoms with Gasteiger partial charge in [-0.05, 0) is 61.5 Å². The van der Waals surface area contributed by atoms with E-state index in [9.17, 15) is 24.8 Å². The third-order valence-corrected chi connectivity index (χ3v) is 5.66. The summed E-state index contributed by atoms with van der Waals surface area (Å²) in [6, 6.07) is 17.3. The largest absolute Gasteiger partial charge is 0.507 e. The number of benzene rings is 3. The van der Waals surface area contributed by atoms with E-state index in [-0.39, 0.29) is 22.4 Å². The molecule has 178 valence electrons. The number of ketones is 1. The number of para-hydroxylation sites is 1. The van der Waals surface area contributed by atoms with Gasteiger partial charge in [-0.15, -0.1) is 0 Å². The predicted molar refractivity (Wildman–Crippen MR) is 128 cm³/mol. The molecule has 4 rings (SSSR count). The number of nitrogens with zero attached hydrogens (tertiary/aromatic N) is 2. The number of hydrogen-bond acceptors (Lipinski definition) is 7. The molecule has 0 saturated carbocycles. The number of aliphatic hydroxyl groups is 1. The van der Waals surface area contributed by atoms with Crippen LogP contribution in [-0.4, -0.2) is 35.4 Å². The van der Waals surface area contributed by atoms with Gasteiger partial charge < -0.3 is 14.6 Å². The molecule has 9 heteroatoms. The average molecular weight is 474 g/mol. The van der Waals surface area contributed by atoms with Gasteiger partial charge in [0.1, 0.15) is 23.3 Å². The van der Waals surface area contributed by atoms with Crippen molar-refractivity contribution in [3.63, 3.8) is 0 Å². The van der Waals surface area contributed by atoms with E-state index in [4.69, 9.17) is 9.47 Å². The van der Waals surface area contributed by atoms with E-state index in [1.54, 1.807) is 54.6 Å². The quantitative estimate of drug-likeness (QED) is 0.174. The molecule has 1 aliphatic rings. The number of methoxy groups -OCH3 is 1. The van der Waals surface area contributed by atoms with Crippen molar-refractivity contribution in [1.82, 2.24) is 0 Å². The van der Waals surface area contributed by atoms with Crippen LogP contribution < -0.4 is 14.4 Å². The Bertz CT molecular complexity index is 1310. The highest BCUT2D eigenvalue weighted by Gasteiger charge is 2.48. The van der Waals surface area contributed by atoms with Gasteiger partial charge in [0.2, 0.25) is 0 Å². The highest BCUT2D eigenvalue weighted by molar-refractivity contribution is 6.51. The van der Waals surface area contributed by atoms with Gasteiger partial charge in [0.15, 0.2) is 0 Å². The number of amides is 1. The SMILES string of the molecule is CCOc1ccc(C(O)=C2C(=O)C(=O)N(c3ccc(OC)cc3)C2c2ccccc2[N+](=O)[O-])cc1. The van der Waals surface area contributed by atoms with E-state index >= 15 is 0 Å². The number of anilines is 1. The summed E-state index contributed by atoms with van der Waals surface area (Å²) >= 11 is 0. The van der Waals surface area contributed by atoms with E-state index in [0.717, 1.165) is 4.90 Å². The molecule has 1 atom stereocenters. The van der Waals surface area contributed by atoms with E-state index in [1.165, 1.54) is 25.3 Å². The summed E-state index contributed by atoms with van der Waals surface area (Å²) in [4.78, 5) is 38.8. The van der Waals surface area contributed by atoms with E-state index in [0.29, 0.717) is 23.8 Å². The maximum atomic E-state index is 13.2. The van der Waals surface area contributed by atoms with Gasteiger partial charge in [-0.25, -0.2) is 0 Å². The molecule has 1 unspecified atom stereocenters. The van der Waals surface area contributed by atoms with Gasteiger partial charge >= 0.3 is 0 Å². The minimum atomic E-state index is -1.23. The summed E-state index contributed by atoms with van der Waals surface area (Å²) in [7, 11) is 1.49. The Hall–Kier alpha value is -4.66. The monoisotopic (exact) mass is 474 g/mol. The number of Topliss-reactive ketones (excluding diaryl/α,β-unsaturated/α-hetero) is 1. The van der Waals surface area contributed by atoms with Crippen LogP contribution in [0.1, 0.15) is 24.1 Å². The zero-order valence-electron chi connectivity index (χ0n) is 19.0. The van der Waals surface area contributed by atoms with Crippen molar-refractivity contribution in [3.05, 3.63) is 99.6 Å². The Morgan fingerprint density at radius 3 is 2.23 bits per heavy atom. The molecule has 1 saturated heterocycles. The standard InChI is InChI=1S/C26H22N2O7/c1-3-35-19-12-8-16(9-13-19)24(29)22-23(20-6-4-5-7-21(20)28(32)33)27(26(31)25(22)30)17-10-14-18(34-2)15-11-17/h4-15,23,29H,3H2,1-2H3. The van der Waals surface area contributed by atoms with Crippen LogP contribution in [0.2, 0.25) is 0 Å². The lowest BCUT2D eigenvalue weighted by Gasteiger charge is -2.25. The first-order chi connectivity index (χ1) is 16.9. The molecule has 0 aliphatic carbocycles. The molecule has 1 N–H and O–H groups in total. The number of carbonyl (C=O) groups is 2. The van der Waals surface area contributed by atoms with Crippen molar-refractivity contribution in [1.29, 1.82) is 0 Å². The van der Waals surface area contributed by atoms with Gasteiger partial charge in [0.25, 0.3) is 17.4 Å². The molecule has 0 aromatic heterocycles.